The number of carbonyl (C=O) groups is 1. The van der Waals surface area contributed by atoms with Crippen molar-refractivity contribution in [1.29, 1.82) is 0 Å². The van der Waals surface area contributed by atoms with Crippen LogP contribution in [0.25, 0.3) is 0 Å². The van der Waals surface area contributed by atoms with Crippen LogP contribution in [0.3, 0.4) is 0 Å². The molecule has 0 aromatic heterocycles. The molecule has 1 atom stereocenters. The van der Waals surface area contributed by atoms with E-state index in [1.54, 1.807) is 12.1 Å². The molecule has 0 aliphatic heterocycles. The van der Waals surface area contributed by atoms with Crippen molar-refractivity contribution in [2.45, 2.75) is 25.8 Å². The van der Waals surface area contributed by atoms with Gasteiger partial charge in [-0.1, -0.05) is 6.92 Å². The van der Waals surface area contributed by atoms with Crippen LogP contribution in [0.15, 0.2) is 22.7 Å². The fraction of sp³-hybridized carbons (Fsp3) is 0.417. The maximum Gasteiger partial charge on any atom is 0.251 e. The van der Waals surface area contributed by atoms with Crippen molar-refractivity contribution in [3.8, 4) is 5.75 Å². The third-order valence-corrected chi connectivity index (χ3v) is 3.18. The summed E-state index contributed by atoms with van der Waals surface area (Å²) in [7, 11) is 0. The first-order valence-electron chi connectivity index (χ1n) is 5.48. The summed E-state index contributed by atoms with van der Waals surface area (Å²) in [4.78, 5) is 11.8. The molecule has 3 N–H and O–H groups in total. The molecule has 5 heteroatoms. The lowest BCUT2D eigenvalue weighted by Gasteiger charge is -2.15. The second-order valence-electron chi connectivity index (χ2n) is 3.76. The van der Waals surface area contributed by atoms with Crippen LogP contribution in [0.4, 0.5) is 0 Å². The molecule has 17 heavy (non-hydrogen) atoms. The molecule has 94 valence electrons. The Morgan fingerprint density at radius 2 is 2.24 bits per heavy atom. The number of halogens is 1. The highest BCUT2D eigenvalue weighted by atomic mass is 79.9. The van der Waals surface area contributed by atoms with Gasteiger partial charge in [-0.25, -0.2) is 0 Å². The van der Waals surface area contributed by atoms with Crippen LogP contribution in [-0.4, -0.2) is 28.8 Å². The topological polar surface area (TPSA) is 69.6 Å². The van der Waals surface area contributed by atoms with Crippen molar-refractivity contribution >= 4 is 21.8 Å². The van der Waals surface area contributed by atoms with Crippen molar-refractivity contribution in [1.82, 2.24) is 5.32 Å². The van der Waals surface area contributed by atoms with Crippen molar-refractivity contribution in [3.05, 3.63) is 28.2 Å². The molecule has 1 aromatic rings. The average molecular weight is 302 g/mol. The molecule has 0 spiro atoms. The molecule has 0 saturated carbocycles. The minimum Gasteiger partial charge on any atom is -0.507 e. The highest BCUT2D eigenvalue weighted by Gasteiger charge is 2.12. The summed E-state index contributed by atoms with van der Waals surface area (Å²) in [6.45, 7) is 1.99. The number of aliphatic hydroxyl groups is 1. The molecule has 1 rings (SSSR count). The van der Waals surface area contributed by atoms with Gasteiger partial charge in [0.2, 0.25) is 0 Å². The number of benzene rings is 1. The number of aromatic hydroxyl groups is 1. The van der Waals surface area contributed by atoms with E-state index in [1.807, 2.05) is 6.92 Å². The second kappa shape index (κ2) is 6.61. The minimum atomic E-state index is -0.242. The van der Waals surface area contributed by atoms with Gasteiger partial charge in [0.15, 0.2) is 0 Å². The Hall–Kier alpha value is -1.07. The van der Waals surface area contributed by atoms with Gasteiger partial charge in [0, 0.05) is 18.2 Å². The van der Waals surface area contributed by atoms with Gasteiger partial charge in [-0.3, -0.25) is 4.79 Å². The maximum absolute atomic E-state index is 11.8. The molecule has 0 saturated heterocycles. The Balaban J connectivity index is 2.72. The lowest BCUT2D eigenvalue weighted by molar-refractivity contribution is 0.0928. The van der Waals surface area contributed by atoms with Gasteiger partial charge in [0.1, 0.15) is 5.75 Å². The van der Waals surface area contributed by atoms with E-state index in [9.17, 15) is 9.90 Å². The molecular weight excluding hydrogens is 286 g/mol. The summed E-state index contributed by atoms with van der Waals surface area (Å²) >= 11 is 3.15. The van der Waals surface area contributed by atoms with E-state index in [0.717, 1.165) is 6.42 Å². The van der Waals surface area contributed by atoms with E-state index in [-0.39, 0.29) is 24.3 Å². The van der Waals surface area contributed by atoms with Crippen molar-refractivity contribution in [3.63, 3.8) is 0 Å². The zero-order chi connectivity index (χ0) is 12.8. The first-order chi connectivity index (χ1) is 8.08. The van der Waals surface area contributed by atoms with Crippen molar-refractivity contribution in [2.75, 3.05) is 6.61 Å². The van der Waals surface area contributed by atoms with E-state index in [0.29, 0.717) is 16.5 Å². The van der Waals surface area contributed by atoms with E-state index in [4.69, 9.17) is 5.11 Å². The number of amides is 1. The summed E-state index contributed by atoms with van der Waals surface area (Å²) in [5, 5.41) is 21.1. The van der Waals surface area contributed by atoms with E-state index < -0.39 is 0 Å². The fourth-order valence-electron chi connectivity index (χ4n) is 1.46. The average Bonchev–Trinajstić information content (AvgIpc) is 2.31. The maximum atomic E-state index is 11.8. The first kappa shape index (κ1) is 14.0. The summed E-state index contributed by atoms with van der Waals surface area (Å²) in [5.74, 6) is -0.207. The number of carbonyl (C=O) groups excluding carboxylic acids is 1. The summed E-state index contributed by atoms with van der Waals surface area (Å²) in [5.41, 5.74) is 0.405. The molecule has 4 nitrogen and oxygen atoms in total. The van der Waals surface area contributed by atoms with E-state index >= 15 is 0 Å². The van der Waals surface area contributed by atoms with Gasteiger partial charge in [-0.2, -0.15) is 0 Å². The summed E-state index contributed by atoms with van der Waals surface area (Å²) < 4.78 is 0.552. The third kappa shape index (κ3) is 4.02. The number of phenolic OH excluding ortho intramolecular Hbond substituents is 1. The molecule has 1 unspecified atom stereocenters. The van der Waals surface area contributed by atoms with Gasteiger partial charge < -0.3 is 15.5 Å². The molecule has 0 radical (unpaired) electrons. The highest BCUT2D eigenvalue weighted by Crippen LogP contribution is 2.24. The second-order valence-corrected chi connectivity index (χ2v) is 4.61. The smallest absolute Gasteiger partial charge is 0.251 e. The molecule has 1 aromatic carbocycles. The number of aliphatic hydroxyl groups excluding tert-OH is 1. The van der Waals surface area contributed by atoms with Crippen LogP contribution in [0.5, 0.6) is 5.75 Å². The SMILES string of the molecule is CCC(CCO)NC(=O)c1ccc(Br)c(O)c1. The van der Waals surface area contributed by atoms with Gasteiger partial charge in [-0.15, -0.1) is 0 Å². The Kier molecular flexibility index (Phi) is 5.44. The van der Waals surface area contributed by atoms with Crippen molar-refractivity contribution < 1.29 is 15.0 Å². The van der Waals surface area contributed by atoms with Gasteiger partial charge >= 0.3 is 0 Å². The third-order valence-electron chi connectivity index (χ3n) is 2.51. The molecular formula is C12H16BrNO3. The molecule has 0 heterocycles. The van der Waals surface area contributed by atoms with Crippen molar-refractivity contribution in [2.24, 2.45) is 0 Å². The van der Waals surface area contributed by atoms with E-state index in [2.05, 4.69) is 21.2 Å². The first-order valence-corrected chi connectivity index (χ1v) is 6.28. The van der Waals surface area contributed by atoms with Crippen LogP contribution < -0.4 is 5.32 Å². The van der Waals surface area contributed by atoms with Gasteiger partial charge in [0.25, 0.3) is 5.91 Å². The zero-order valence-electron chi connectivity index (χ0n) is 9.61. The number of phenols is 1. The monoisotopic (exact) mass is 301 g/mol. The highest BCUT2D eigenvalue weighted by molar-refractivity contribution is 9.10. The Morgan fingerprint density at radius 1 is 1.53 bits per heavy atom. The van der Waals surface area contributed by atoms with Crippen LogP contribution in [0.1, 0.15) is 30.1 Å². The standard InChI is InChI=1S/C12H16BrNO3/c1-2-9(5-6-15)14-12(17)8-3-4-10(13)11(16)7-8/h3-4,7,9,15-16H,2,5-6H2,1H3,(H,14,17). The zero-order valence-corrected chi connectivity index (χ0v) is 11.2. The van der Waals surface area contributed by atoms with E-state index in [1.165, 1.54) is 6.07 Å². The summed E-state index contributed by atoms with van der Waals surface area (Å²) in [6.07, 6.45) is 1.29. The predicted octanol–water partition coefficient (Wildman–Crippen LogP) is 2.05. The Labute approximate surface area is 109 Å². The Morgan fingerprint density at radius 3 is 2.76 bits per heavy atom. The molecule has 0 aliphatic rings. The predicted molar refractivity (Wildman–Crippen MR) is 69.1 cm³/mol. The lowest BCUT2D eigenvalue weighted by Crippen LogP contribution is -2.35. The number of nitrogens with one attached hydrogen (secondary N) is 1. The van der Waals surface area contributed by atoms with Crippen LogP contribution in [0.2, 0.25) is 0 Å². The molecule has 0 bridgehead atoms. The number of hydrogen-bond acceptors (Lipinski definition) is 3. The van der Waals surface area contributed by atoms with Crippen LogP contribution in [-0.2, 0) is 0 Å². The Bertz CT molecular complexity index is 395. The lowest BCUT2D eigenvalue weighted by atomic mass is 10.1. The molecule has 1 amide bonds. The quantitative estimate of drug-likeness (QED) is 0.779. The number of hydrogen-bond donors (Lipinski definition) is 3. The summed E-state index contributed by atoms with van der Waals surface area (Å²) in [6, 6.07) is 4.62. The van der Waals surface area contributed by atoms with Gasteiger partial charge in [0.05, 0.1) is 4.47 Å². The molecule has 0 aliphatic carbocycles. The normalized spacial score (nSPS) is 12.2. The number of rotatable bonds is 5. The molecule has 0 fully saturated rings. The fourth-order valence-corrected chi connectivity index (χ4v) is 1.70. The van der Waals surface area contributed by atoms with Gasteiger partial charge in [-0.05, 0) is 47.0 Å². The minimum absolute atomic E-state index is 0.0351. The largest absolute Gasteiger partial charge is 0.507 e. The van der Waals surface area contributed by atoms with Crippen LogP contribution in [0, 0.1) is 0 Å². The van der Waals surface area contributed by atoms with Crippen LogP contribution >= 0.6 is 15.9 Å².